The summed E-state index contributed by atoms with van der Waals surface area (Å²) >= 11 is 12.0. The zero-order valence-corrected chi connectivity index (χ0v) is 13.2. The number of aromatic nitrogens is 1. The molecule has 0 spiro atoms. The monoisotopic (exact) mass is 308 g/mol. The summed E-state index contributed by atoms with van der Waals surface area (Å²) in [6.45, 7) is 5.12. The molecular formula is C16H18Cl2N2. The molecule has 1 aromatic heterocycles. The maximum Gasteiger partial charge on any atom is 0.129 e. The fourth-order valence-electron chi connectivity index (χ4n) is 2.04. The number of benzene rings is 1. The summed E-state index contributed by atoms with van der Waals surface area (Å²) < 4.78 is 0. The lowest BCUT2D eigenvalue weighted by atomic mass is 10.2. The largest absolute Gasteiger partial charge is 0.350 e. The van der Waals surface area contributed by atoms with Crippen LogP contribution in [0.25, 0.3) is 0 Å². The Balaban J connectivity index is 2.29. The molecule has 0 aliphatic heterocycles. The van der Waals surface area contributed by atoms with Crippen LogP contribution in [-0.2, 0) is 12.4 Å². The lowest BCUT2D eigenvalue weighted by Crippen LogP contribution is -2.31. The van der Waals surface area contributed by atoms with Crippen LogP contribution in [0.5, 0.6) is 0 Å². The molecule has 0 aliphatic rings. The van der Waals surface area contributed by atoms with Crippen LogP contribution in [0.4, 0.5) is 5.82 Å². The summed E-state index contributed by atoms with van der Waals surface area (Å²) in [6, 6.07) is 12.7. The molecule has 2 nitrogen and oxygen atoms in total. The Labute approximate surface area is 130 Å². The van der Waals surface area contributed by atoms with Crippen molar-refractivity contribution in [1.29, 1.82) is 0 Å². The number of rotatable bonds is 5. The molecule has 0 saturated carbocycles. The predicted molar refractivity (Wildman–Crippen MR) is 86.6 cm³/mol. The van der Waals surface area contributed by atoms with Crippen LogP contribution in [-0.4, -0.2) is 11.0 Å². The van der Waals surface area contributed by atoms with Gasteiger partial charge in [0.15, 0.2) is 0 Å². The summed E-state index contributed by atoms with van der Waals surface area (Å²) in [6.07, 6.45) is 1.68. The second kappa shape index (κ2) is 6.96. The van der Waals surface area contributed by atoms with E-state index >= 15 is 0 Å². The van der Waals surface area contributed by atoms with E-state index in [9.17, 15) is 0 Å². The molecule has 0 bridgehead atoms. The summed E-state index contributed by atoms with van der Waals surface area (Å²) in [5.74, 6) is 1.30. The van der Waals surface area contributed by atoms with Gasteiger partial charge in [0.1, 0.15) is 5.82 Å². The molecule has 2 rings (SSSR count). The average Bonchev–Trinajstić information content (AvgIpc) is 2.46. The first kappa shape index (κ1) is 15.1. The van der Waals surface area contributed by atoms with E-state index in [0.717, 1.165) is 17.9 Å². The number of halogens is 2. The Bertz CT molecular complexity index is 556. The quantitative estimate of drug-likeness (QED) is 0.731. The number of hydrogen-bond donors (Lipinski definition) is 0. The van der Waals surface area contributed by atoms with Gasteiger partial charge in [-0.05, 0) is 31.0 Å². The van der Waals surface area contributed by atoms with Gasteiger partial charge >= 0.3 is 0 Å². The van der Waals surface area contributed by atoms with E-state index in [4.69, 9.17) is 23.2 Å². The molecule has 0 atom stereocenters. The SMILES string of the molecule is CC(C)N(Cc1ccccc1)c1cc(CCl)c(Cl)cn1. The molecule has 0 aliphatic carbocycles. The van der Waals surface area contributed by atoms with E-state index in [1.54, 1.807) is 6.20 Å². The van der Waals surface area contributed by atoms with Gasteiger partial charge in [0.2, 0.25) is 0 Å². The van der Waals surface area contributed by atoms with E-state index in [1.165, 1.54) is 5.56 Å². The zero-order chi connectivity index (χ0) is 14.5. The van der Waals surface area contributed by atoms with Crippen molar-refractivity contribution in [2.24, 2.45) is 0 Å². The second-order valence-corrected chi connectivity index (χ2v) is 5.65. The molecule has 20 heavy (non-hydrogen) atoms. The van der Waals surface area contributed by atoms with Crippen molar-refractivity contribution in [3.63, 3.8) is 0 Å². The lowest BCUT2D eigenvalue weighted by Gasteiger charge is -2.28. The van der Waals surface area contributed by atoms with Gasteiger partial charge in [-0.15, -0.1) is 11.6 Å². The third kappa shape index (κ3) is 3.65. The van der Waals surface area contributed by atoms with Crippen LogP contribution in [0, 0.1) is 0 Å². The number of nitrogens with zero attached hydrogens (tertiary/aromatic N) is 2. The standard InChI is InChI=1S/C16H18Cl2N2/c1-12(2)20(11-13-6-4-3-5-7-13)16-8-14(9-17)15(18)10-19-16/h3-8,10,12H,9,11H2,1-2H3. The Hall–Kier alpha value is -1.25. The van der Waals surface area contributed by atoms with Crippen molar-refractivity contribution in [2.45, 2.75) is 32.3 Å². The summed E-state index contributed by atoms with van der Waals surface area (Å²) in [4.78, 5) is 6.68. The topological polar surface area (TPSA) is 16.1 Å². The Kier molecular flexibility index (Phi) is 5.27. The summed E-state index contributed by atoms with van der Waals surface area (Å²) in [7, 11) is 0. The third-order valence-electron chi connectivity index (χ3n) is 3.18. The molecular weight excluding hydrogens is 291 g/mol. The van der Waals surface area contributed by atoms with E-state index < -0.39 is 0 Å². The predicted octanol–water partition coefficient (Wildman–Crippen LogP) is 4.89. The number of hydrogen-bond acceptors (Lipinski definition) is 2. The highest BCUT2D eigenvalue weighted by molar-refractivity contribution is 6.32. The molecule has 1 heterocycles. The van der Waals surface area contributed by atoms with E-state index in [-0.39, 0.29) is 0 Å². The van der Waals surface area contributed by atoms with Crippen LogP contribution in [0.1, 0.15) is 25.0 Å². The molecule has 2 aromatic rings. The van der Waals surface area contributed by atoms with Gasteiger partial charge in [0.05, 0.1) is 5.02 Å². The van der Waals surface area contributed by atoms with Crippen molar-refractivity contribution in [1.82, 2.24) is 4.98 Å². The normalized spacial score (nSPS) is 10.8. The lowest BCUT2D eigenvalue weighted by molar-refractivity contribution is 0.672. The Morgan fingerprint density at radius 2 is 1.90 bits per heavy atom. The maximum absolute atomic E-state index is 6.08. The van der Waals surface area contributed by atoms with Gasteiger partial charge in [0, 0.05) is 24.7 Å². The fraction of sp³-hybridized carbons (Fsp3) is 0.312. The highest BCUT2D eigenvalue weighted by atomic mass is 35.5. The van der Waals surface area contributed by atoms with Crippen molar-refractivity contribution < 1.29 is 0 Å². The van der Waals surface area contributed by atoms with Crippen LogP contribution >= 0.6 is 23.2 Å². The molecule has 0 saturated heterocycles. The first-order valence-electron chi connectivity index (χ1n) is 6.62. The minimum Gasteiger partial charge on any atom is -0.350 e. The van der Waals surface area contributed by atoms with Crippen molar-refractivity contribution >= 4 is 29.0 Å². The number of pyridine rings is 1. The molecule has 4 heteroatoms. The number of anilines is 1. The molecule has 106 valence electrons. The Morgan fingerprint density at radius 3 is 2.50 bits per heavy atom. The highest BCUT2D eigenvalue weighted by Gasteiger charge is 2.14. The Morgan fingerprint density at radius 1 is 1.20 bits per heavy atom. The highest BCUT2D eigenvalue weighted by Crippen LogP contribution is 2.24. The van der Waals surface area contributed by atoms with Gasteiger partial charge < -0.3 is 4.90 Å². The van der Waals surface area contributed by atoms with Gasteiger partial charge in [-0.1, -0.05) is 41.9 Å². The van der Waals surface area contributed by atoms with Crippen molar-refractivity contribution in [3.05, 3.63) is 58.7 Å². The minimum atomic E-state index is 0.340. The van der Waals surface area contributed by atoms with Crippen LogP contribution in [0.3, 0.4) is 0 Å². The molecule has 0 radical (unpaired) electrons. The maximum atomic E-state index is 6.08. The number of alkyl halides is 1. The third-order valence-corrected chi connectivity index (χ3v) is 3.81. The van der Waals surface area contributed by atoms with E-state index in [0.29, 0.717) is 16.9 Å². The van der Waals surface area contributed by atoms with Gasteiger partial charge in [-0.3, -0.25) is 0 Å². The van der Waals surface area contributed by atoms with Crippen molar-refractivity contribution in [2.75, 3.05) is 4.90 Å². The zero-order valence-electron chi connectivity index (χ0n) is 11.7. The first-order chi connectivity index (χ1) is 9.61. The average molecular weight is 309 g/mol. The van der Waals surface area contributed by atoms with Crippen molar-refractivity contribution in [3.8, 4) is 0 Å². The van der Waals surface area contributed by atoms with E-state index in [2.05, 4.69) is 35.9 Å². The second-order valence-electron chi connectivity index (χ2n) is 4.97. The minimum absolute atomic E-state index is 0.340. The summed E-state index contributed by atoms with van der Waals surface area (Å²) in [5.41, 5.74) is 2.17. The molecule has 0 N–H and O–H groups in total. The first-order valence-corrected chi connectivity index (χ1v) is 7.54. The fourth-order valence-corrected chi connectivity index (χ4v) is 2.50. The molecule has 0 fully saturated rings. The van der Waals surface area contributed by atoms with Crippen LogP contribution < -0.4 is 4.90 Å². The van der Waals surface area contributed by atoms with E-state index in [1.807, 2.05) is 24.3 Å². The van der Waals surface area contributed by atoms with Crippen LogP contribution in [0.15, 0.2) is 42.6 Å². The smallest absolute Gasteiger partial charge is 0.129 e. The van der Waals surface area contributed by atoms with Gasteiger partial charge in [0.25, 0.3) is 0 Å². The molecule has 0 amide bonds. The molecule has 1 aromatic carbocycles. The van der Waals surface area contributed by atoms with Gasteiger partial charge in [-0.2, -0.15) is 0 Å². The molecule has 0 unspecified atom stereocenters. The summed E-state index contributed by atoms with van der Waals surface area (Å²) in [5, 5.41) is 0.618. The van der Waals surface area contributed by atoms with Crippen LogP contribution in [0.2, 0.25) is 5.02 Å². The van der Waals surface area contributed by atoms with Gasteiger partial charge in [-0.25, -0.2) is 4.98 Å².